The third-order valence-corrected chi connectivity index (χ3v) is 9.95. The Hall–Kier alpha value is -5.93. The molecule has 0 spiro atoms. The number of allylic oxidation sites excluding steroid dienone is 1. The molecule has 0 bridgehead atoms. The minimum Gasteiger partial charge on any atom is -0.436 e. The van der Waals surface area contributed by atoms with Gasteiger partial charge in [-0.1, -0.05) is 110 Å². The molecule has 3 nitrogen and oxygen atoms in total. The largest absolute Gasteiger partial charge is 0.436 e. The van der Waals surface area contributed by atoms with E-state index in [-0.39, 0.29) is 0 Å². The molecule has 6 aromatic carbocycles. The van der Waals surface area contributed by atoms with Gasteiger partial charge < -0.3 is 8.98 Å². The molecule has 1 aliphatic rings. The van der Waals surface area contributed by atoms with Crippen LogP contribution < -0.4 is 0 Å². The lowest BCUT2D eigenvalue weighted by Gasteiger charge is -2.15. The molecule has 0 atom stereocenters. The molecular weight excluding hydrogens is 597 g/mol. The molecule has 2 aromatic heterocycles. The molecule has 0 aliphatic heterocycles. The second-order valence-electron chi connectivity index (χ2n) is 13.0. The topological polar surface area (TPSA) is 31.0 Å². The molecule has 0 saturated heterocycles. The zero-order valence-corrected chi connectivity index (χ0v) is 27.8. The fourth-order valence-corrected chi connectivity index (χ4v) is 7.64. The van der Waals surface area contributed by atoms with Crippen molar-refractivity contribution in [1.29, 1.82) is 0 Å². The van der Waals surface area contributed by atoms with Gasteiger partial charge in [-0.05, 0) is 113 Å². The van der Waals surface area contributed by atoms with Gasteiger partial charge in [0.15, 0.2) is 5.58 Å². The van der Waals surface area contributed by atoms with Gasteiger partial charge in [0.2, 0.25) is 5.89 Å². The van der Waals surface area contributed by atoms with E-state index in [4.69, 9.17) is 9.40 Å². The molecule has 0 N–H and O–H groups in total. The maximum Gasteiger partial charge on any atom is 0.227 e. The van der Waals surface area contributed by atoms with Crippen LogP contribution in [0.5, 0.6) is 0 Å². The molecule has 0 fully saturated rings. The van der Waals surface area contributed by atoms with Gasteiger partial charge in [0.25, 0.3) is 0 Å². The zero-order chi connectivity index (χ0) is 32.9. The van der Waals surface area contributed by atoms with E-state index in [0.717, 1.165) is 41.5 Å². The van der Waals surface area contributed by atoms with Crippen LogP contribution in [0.3, 0.4) is 0 Å². The Balaban J connectivity index is 1.12. The van der Waals surface area contributed by atoms with E-state index < -0.39 is 0 Å². The summed E-state index contributed by atoms with van der Waals surface area (Å²) >= 11 is 0. The normalized spacial score (nSPS) is 12.5. The number of oxazole rings is 1. The number of para-hydroxylation sites is 1. The number of benzene rings is 6. The monoisotopic (exact) mass is 632 g/mol. The van der Waals surface area contributed by atoms with Gasteiger partial charge in [-0.2, -0.15) is 0 Å². The third kappa shape index (κ3) is 5.01. The van der Waals surface area contributed by atoms with E-state index in [1.165, 1.54) is 66.8 Å². The van der Waals surface area contributed by atoms with E-state index in [1.807, 2.05) is 0 Å². The molecule has 0 amide bonds. The van der Waals surface area contributed by atoms with Crippen LogP contribution in [0.15, 0.2) is 144 Å². The van der Waals surface area contributed by atoms with Crippen molar-refractivity contribution < 1.29 is 4.42 Å². The summed E-state index contributed by atoms with van der Waals surface area (Å²) < 4.78 is 8.76. The van der Waals surface area contributed by atoms with Gasteiger partial charge in [-0.3, -0.25) is 0 Å². The quantitative estimate of drug-likeness (QED) is 0.183. The summed E-state index contributed by atoms with van der Waals surface area (Å²) in [5, 5.41) is 1.30. The average molecular weight is 633 g/mol. The summed E-state index contributed by atoms with van der Waals surface area (Å²) in [6.45, 7) is 4.27. The van der Waals surface area contributed by atoms with Gasteiger partial charge in [-0.25, -0.2) is 4.98 Å². The maximum absolute atomic E-state index is 6.31. The van der Waals surface area contributed by atoms with Gasteiger partial charge in [-0.15, -0.1) is 0 Å². The number of nitrogens with zero attached hydrogens (tertiary/aromatic N) is 2. The van der Waals surface area contributed by atoms with Crippen molar-refractivity contribution in [2.45, 2.75) is 33.1 Å². The highest BCUT2D eigenvalue weighted by atomic mass is 16.3. The van der Waals surface area contributed by atoms with Gasteiger partial charge in [0.1, 0.15) is 5.52 Å². The highest BCUT2D eigenvalue weighted by Crippen LogP contribution is 2.41. The second-order valence-corrected chi connectivity index (χ2v) is 13.0. The van der Waals surface area contributed by atoms with Crippen molar-refractivity contribution in [1.82, 2.24) is 9.55 Å². The zero-order valence-electron chi connectivity index (χ0n) is 27.8. The van der Waals surface area contributed by atoms with Crippen molar-refractivity contribution in [3.05, 3.63) is 162 Å². The fourth-order valence-electron chi connectivity index (χ4n) is 7.64. The van der Waals surface area contributed by atoms with Crippen molar-refractivity contribution in [2.75, 3.05) is 0 Å². The third-order valence-electron chi connectivity index (χ3n) is 9.95. The van der Waals surface area contributed by atoms with Gasteiger partial charge >= 0.3 is 0 Å². The summed E-state index contributed by atoms with van der Waals surface area (Å²) in [6, 6.07) is 48.2. The molecule has 1 aliphatic carbocycles. The van der Waals surface area contributed by atoms with E-state index in [2.05, 4.69) is 164 Å². The van der Waals surface area contributed by atoms with Crippen LogP contribution in [0.2, 0.25) is 0 Å². The Morgan fingerprint density at radius 3 is 2.06 bits per heavy atom. The van der Waals surface area contributed by atoms with E-state index >= 15 is 0 Å². The number of aromatic nitrogens is 2. The minimum absolute atomic E-state index is 0.661. The standard InChI is InChI=1S/C46H36N2O/c1-3-31-27-30(2)28-42-45(31)49-46(47-42)33-23-21-32(22-24-33)36-15-7-9-17-38(36)39-18-10-8-16-37(39)34-25-26-44-41(29-34)40-19-11-12-20-43(40)48(44)35-13-5-4-6-14-35/h4-11,13-19,21-29H,3,12,20H2,1-2H3. The lowest BCUT2D eigenvalue weighted by atomic mass is 9.88. The maximum atomic E-state index is 6.31. The minimum atomic E-state index is 0.661. The Bertz CT molecular complexity index is 2530. The van der Waals surface area contributed by atoms with Crippen LogP contribution in [0, 0.1) is 6.92 Å². The van der Waals surface area contributed by atoms with Crippen LogP contribution in [0.25, 0.3) is 78.6 Å². The molecule has 49 heavy (non-hydrogen) atoms. The predicted octanol–water partition coefficient (Wildman–Crippen LogP) is 12.3. The van der Waals surface area contributed by atoms with Crippen LogP contribution >= 0.6 is 0 Å². The first-order valence-electron chi connectivity index (χ1n) is 17.3. The molecule has 0 radical (unpaired) electrons. The summed E-state index contributed by atoms with van der Waals surface area (Å²) in [6.07, 6.45) is 7.65. The lowest BCUT2D eigenvalue weighted by molar-refractivity contribution is 0.615. The van der Waals surface area contributed by atoms with Crippen molar-refractivity contribution >= 4 is 28.1 Å². The van der Waals surface area contributed by atoms with E-state index in [0.29, 0.717) is 5.89 Å². The first kappa shape index (κ1) is 29.2. The molecule has 0 saturated carbocycles. The molecule has 0 unspecified atom stereocenters. The molecule has 236 valence electrons. The second kappa shape index (κ2) is 11.9. The number of hydrogen-bond acceptors (Lipinski definition) is 2. The van der Waals surface area contributed by atoms with Crippen LogP contribution in [0.4, 0.5) is 0 Å². The predicted molar refractivity (Wildman–Crippen MR) is 204 cm³/mol. The van der Waals surface area contributed by atoms with Crippen LogP contribution in [0.1, 0.15) is 35.7 Å². The Morgan fingerprint density at radius 2 is 1.33 bits per heavy atom. The highest BCUT2D eigenvalue weighted by Gasteiger charge is 2.20. The summed E-state index contributed by atoms with van der Waals surface area (Å²) in [5.74, 6) is 0.661. The first-order chi connectivity index (χ1) is 24.2. The molecule has 2 heterocycles. The number of aryl methyl sites for hydroxylation is 2. The van der Waals surface area contributed by atoms with Crippen molar-refractivity contribution in [2.24, 2.45) is 0 Å². The van der Waals surface area contributed by atoms with Crippen molar-refractivity contribution in [3.63, 3.8) is 0 Å². The summed E-state index contributed by atoms with van der Waals surface area (Å²) in [7, 11) is 0. The Morgan fingerprint density at radius 1 is 0.673 bits per heavy atom. The van der Waals surface area contributed by atoms with E-state index in [9.17, 15) is 0 Å². The lowest BCUT2D eigenvalue weighted by Crippen LogP contribution is -2.02. The molecular formula is C46H36N2O. The molecule has 3 heteroatoms. The van der Waals surface area contributed by atoms with Gasteiger partial charge in [0, 0.05) is 27.9 Å². The number of hydrogen-bond donors (Lipinski definition) is 0. The summed E-state index contributed by atoms with van der Waals surface area (Å²) in [4.78, 5) is 4.86. The van der Waals surface area contributed by atoms with Crippen LogP contribution in [-0.4, -0.2) is 9.55 Å². The summed E-state index contributed by atoms with van der Waals surface area (Å²) in [5.41, 5.74) is 17.6. The van der Waals surface area contributed by atoms with E-state index in [1.54, 1.807) is 0 Å². The Labute approximate surface area is 286 Å². The van der Waals surface area contributed by atoms with Gasteiger partial charge in [0.05, 0.1) is 5.52 Å². The number of fused-ring (bicyclic) bond motifs is 4. The highest BCUT2D eigenvalue weighted by molar-refractivity contribution is 5.99. The average Bonchev–Trinajstić information content (AvgIpc) is 3.74. The SMILES string of the molecule is CCc1cc(C)cc2nc(-c3ccc(-c4ccccc4-c4ccccc4-c4ccc5c(c4)c4c(n5-c5ccccc5)CCC=C4)cc3)oc12. The smallest absolute Gasteiger partial charge is 0.227 e. The fraction of sp³-hybridized carbons (Fsp3) is 0.109. The number of rotatable bonds is 6. The Kier molecular flexibility index (Phi) is 7.13. The molecule has 8 aromatic rings. The van der Waals surface area contributed by atoms with Crippen molar-refractivity contribution in [3.8, 4) is 50.5 Å². The first-order valence-corrected chi connectivity index (χ1v) is 17.3. The molecule has 9 rings (SSSR count). The van der Waals surface area contributed by atoms with Crippen LogP contribution in [-0.2, 0) is 12.8 Å².